The molecule has 0 unspecified atom stereocenters. The Kier molecular flexibility index (Phi) is 4.41. The third kappa shape index (κ3) is 4.09. The molecule has 4 nitrogen and oxygen atoms in total. The SMILES string of the molecule is Cc1ccc(COCCOCc2ccco2)o1. The number of hydrogen-bond acceptors (Lipinski definition) is 4. The monoisotopic (exact) mass is 236 g/mol. The van der Waals surface area contributed by atoms with Gasteiger partial charge in [-0.25, -0.2) is 0 Å². The highest BCUT2D eigenvalue weighted by molar-refractivity contribution is 5.04. The molecule has 4 heteroatoms. The second-order valence-electron chi connectivity index (χ2n) is 3.70. The standard InChI is InChI=1S/C13H16O4/c1-11-4-5-13(17-11)10-15-8-7-14-9-12-3-2-6-16-12/h2-6H,7-10H2,1H3. The molecule has 0 N–H and O–H groups in total. The van der Waals surface area contributed by atoms with Gasteiger partial charge < -0.3 is 18.3 Å². The number of aryl methyl sites for hydroxylation is 1. The molecule has 0 radical (unpaired) electrons. The average Bonchev–Trinajstić information content (AvgIpc) is 2.95. The highest BCUT2D eigenvalue weighted by Crippen LogP contribution is 2.07. The van der Waals surface area contributed by atoms with Crippen molar-refractivity contribution in [1.29, 1.82) is 0 Å². The number of furan rings is 2. The summed E-state index contributed by atoms with van der Waals surface area (Å²) in [5, 5.41) is 0. The van der Waals surface area contributed by atoms with Crippen LogP contribution in [0.2, 0.25) is 0 Å². The van der Waals surface area contributed by atoms with Crippen molar-refractivity contribution in [2.75, 3.05) is 13.2 Å². The van der Waals surface area contributed by atoms with Gasteiger partial charge in [0.05, 0.1) is 19.5 Å². The zero-order valence-corrected chi connectivity index (χ0v) is 9.85. The van der Waals surface area contributed by atoms with Gasteiger partial charge in [0.1, 0.15) is 30.5 Å². The van der Waals surface area contributed by atoms with Crippen molar-refractivity contribution in [2.24, 2.45) is 0 Å². The van der Waals surface area contributed by atoms with E-state index in [0.29, 0.717) is 26.4 Å². The maximum absolute atomic E-state index is 5.40. The summed E-state index contributed by atoms with van der Waals surface area (Å²) in [4.78, 5) is 0. The minimum Gasteiger partial charge on any atom is -0.467 e. The van der Waals surface area contributed by atoms with E-state index in [-0.39, 0.29) is 0 Å². The molecule has 92 valence electrons. The van der Waals surface area contributed by atoms with Gasteiger partial charge in [-0.3, -0.25) is 0 Å². The van der Waals surface area contributed by atoms with Crippen molar-refractivity contribution in [1.82, 2.24) is 0 Å². The fourth-order valence-corrected chi connectivity index (χ4v) is 1.42. The van der Waals surface area contributed by atoms with Crippen LogP contribution >= 0.6 is 0 Å². The van der Waals surface area contributed by atoms with E-state index in [4.69, 9.17) is 18.3 Å². The van der Waals surface area contributed by atoms with Gasteiger partial charge in [-0.05, 0) is 31.2 Å². The topological polar surface area (TPSA) is 44.7 Å². The highest BCUT2D eigenvalue weighted by Gasteiger charge is 1.99. The van der Waals surface area contributed by atoms with E-state index in [2.05, 4.69) is 0 Å². The summed E-state index contributed by atoms with van der Waals surface area (Å²) in [7, 11) is 0. The van der Waals surface area contributed by atoms with E-state index in [1.807, 2.05) is 31.2 Å². The second kappa shape index (κ2) is 6.27. The predicted octanol–water partition coefficient (Wildman–Crippen LogP) is 2.91. The molecule has 2 rings (SSSR count). The molecular weight excluding hydrogens is 220 g/mol. The molecule has 0 aromatic carbocycles. The first-order valence-electron chi connectivity index (χ1n) is 5.58. The Hall–Kier alpha value is -1.52. The van der Waals surface area contributed by atoms with Crippen molar-refractivity contribution in [2.45, 2.75) is 20.1 Å². The lowest BCUT2D eigenvalue weighted by Crippen LogP contribution is -2.03. The van der Waals surface area contributed by atoms with Gasteiger partial charge in [-0.1, -0.05) is 0 Å². The van der Waals surface area contributed by atoms with Gasteiger partial charge >= 0.3 is 0 Å². The molecule has 0 bridgehead atoms. The Balaban J connectivity index is 1.52. The smallest absolute Gasteiger partial charge is 0.129 e. The summed E-state index contributed by atoms with van der Waals surface area (Å²) in [5.74, 6) is 2.57. The lowest BCUT2D eigenvalue weighted by Gasteiger charge is -2.03. The summed E-state index contributed by atoms with van der Waals surface area (Å²) in [5.41, 5.74) is 0. The van der Waals surface area contributed by atoms with Gasteiger partial charge in [0.2, 0.25) is 0 Å². The number of ether oxygens (including phenoxy) is 2. The van der Waals surface area contributed by atoms with Crippen molar-refractivity contribution >= 4 is 0 Å². The van der Waals surface area contributed by atoms with Gasteiger partial charge in [-0.2, -0.15) is 0 Å². The van der Waals surface area contributed by atoms with E-state index in [0.717, 1.165) is 17.3 Å². The van der Waals surface area contributed by atoms with Crippen molar-refractivity contribution in [3.8, 4) is 0 Å². The minimum absolute atomic E-state index is 0.482. The maximum Gasteiger partial charge on any atom is 0.129 e. The summed E-state index contributed by atoms with van der Waals surface area (Å²) >= 11 is 0. The first-order valence-corrected chi connectivity index (χ1v) is 5.58. The van der Waals surface area contributed by atoms with Crippen LogP contribution < -0.4 is 0 Å². The van der Waals surface area contributed by atoms with Gasteiger partial charge in [0.25, 0.3) is 0 Å². The fourth-order valence-electron chi connectivity index (χ4n) is 1.42. The third-order valence-electron chi connectivity index (χ3n) is 2.24. The van der Waals surface area contributed by atoms with Gasteiger partial charge in [-0.15, -0.1) is 0 Å². The van der Waals surface area contributed by atoms with Crippen LogP contribution in [0.1, 0.15) is 17.3 Å². The highest BCUT2D eigenvalue weighted by atomic mass is 16.5. The molecule has 0 aliphatic rings. The third-order valence-corrected chi connectivity index (χ3v) is 2.24. The molecule has 0 spiro atoms. The lowest BCUT2D eigenvalue weighted by atomic mass is 10.4. The van der Waals surface area contributed by atoms with Crippen LogP contribution in [0.25, 0.3) is 0 Å². The number of rotatable bonds is 7. The maximum atomic E-state index is 5.40. The Morgan fingerprint density at radius 1 is 1.00 bits per heavy atom. The van der Waals surface area contributed by atoms with Crippen LogP contribution in [-0.2, 0) is 22.7 Å². The van der Waals surface area contributed by atoms with Gasteiger partial charge in [0.15, 0.2) is 0 Å². The number of hydrogen-bond donors (Lipinski definition) is 0. The van der Waals surface area contributed by atoms with Crippen LogP contribution in [0.4, 0.5) is 0 Å². The first-order chi connectivity index (χ1) is 8.34. The molecule has 0 saturated carbocycles. The summed E-state index contributed by atoms with van der Waals surface area (Å²) < 4.78 is 21.3. The van der Waals surface area contributed by atoms with E-state index in [1.54, 1.807) is 6.26 Å². The normalized spacial score (nSPS) is 10.9. The summed E-state index contributed by atoms with van der Waals surface area (Å²) in [6, 6.07) is 7.56. The Morgan fingerprint density at radius 2 is 1.76 bits per heavy atom. The quantitative estimate of drug-likeness (QED) is 0.693. The van der Waals surface area contributed by atoms with E-state index >= 15 is 0 Å². The van der Waals surface area contributed by atoms with Crippen molar-refractivity contribution in [3.63, 3.8) is 0 Å². The lowest BCUT2D eigenvalue weighted by molar-refractivity contribution is 0.0235. The molecular formula is C13H16O4. The Morgan fingerprint density at radius 3 is 2.35 bits per heavy atom. The average molecular weight is 236 g/mol. The van der Waals surface area contributed by atoms with E-state index in [1.165, 1.54) is 0 Å². The molecule has 0 atom stereocenters. The molecule has 2 aromatic heterocycles. The van der Waals surface area contributed by atoms with Crippen LogP contribution in [0.15, 0.2) is 39.4 Å². The molecule has 2 aromatic rings. The van der Waals surface area contributed by atoms with E-state index < -0.39 is 0 Å². The van der Waals surface area contributed by atoms with Crippen LogP contribution in [0.3, 0.4) is 0 Å². The molecule has 17 heavy (non-hydrogen) atoms. The second-order valence-corrected chi connectivity index (χ2v) is 3.70. The molecule has 0 amide bonds. The molecule has 0 aliphatic heterocycles. The zero-order chi connectivity index (χ0) is 11.9. The van der Waals surface area contributed by atoms with Crippen molar-refractivity contribution < 1.29 is 18.3 Å². The van der Waals surface area contributed by atoms with Crippen LogP contribution in [-0.4, -0.2) is 13.2 Å². The molecule has 0 saturated heterocycles. The summed E-state index contributed by atoms with van der Waals surface area (Å²) in [6.45, 7) is 3.96. The fraction of sp³-hybridized carbons (Fsp3) is 0.385. The largest absolute Gasteiger partial charge is 0.467 e. The zero-order valence-electron chi connectivity index (χ0n) is 9.85. The molecule has 2 heterocycles. The minimum atomic E-state index is 0.482. The molecule has 0 fully saturated rings. The van der Waals surface area contributed by atoms with Crippen molar-refractivity contribution in [3.05, 3.63) is 47.8 Å². The predicted molar refractivity (Wildman–Crippen MR) is 61.5 cm³/mol. The Labute approximate surface area is 100 Å². The van der Waals surface area contributed by atoms with Crippen LogP contribution in [0.5, 0.6) is 0 Å². The Bertz CT molecular complexity index is 416. The first kappa shape index (κ1) is 12.0. The summed E-state index contributed by atoms with van der Waals surface area (Å²) in [6.07, 6.45) is 1.63. The van der Waals surface area contributed by atoms with E-state index in [9.17, 15) is 0 Å². The van der Waals surface area contributed by atoms with Gasteiger partial charge in [0, 0.05) is 0 Å². The molecule has 0 aliphatic carbocycles. The van der Waals surface area contributed by atoms with Crippen LogP contribution in [0, 0.1) is 6.92 Å².